The van der Waals surface area contributed by atoms with Gasteiger partial charge in [0.1, 0.15) is 23.2 Å². The lowest BCUT2D eigenvalue weighted by Crippen LogP contribution is -2.38. The zero-order chi connectivity index (χ0) is 16.2. The van der Waals surface area contributed by atoms with Crippen LogP contribution in [0.25, 0.3) is 0 Å². The second kappa shape index (κ2) is 6.68. The van der Waals surface area contributed by atoms with E-state index in [1.165, 1.54) is 12.1 Å². The number of benzene rings is 1. The molecule has 4 N–H and O–H groups in total. The molecule has 23 heavy (non-hydrogen) atoms. The number of nitrogens with two attached hydrogens (primary N) is 2. The van der Waals surface area contributed by atoms with Gasteiger partial charge < -0.3 is 21.1 Å². The second-order valence-electron chi connectivity index (χ2n) is 5.73. The maximum atomic E-state index is 12.9. The molecule has 0 aliphatic carbocycles. The number of nitrogen functional groups attached to an aromatic ring is 2. The fourth-order valence-corrected chi connectivity index (χ4v) is 2.79. The van der Waals surface area contributed by atoms with Crippen molar-refractivity contribution in [3.05, 3.63) is 36.1 Å². The molecule has 1 aliphatic heterocycles. The largest absolute Gasteiger partial charge is 0.493 e. The number of hydrogen-bond acceptors (Lipinski definition) is 6. The van der Waals surface area contributed by atoms with Crippen LogP contribution >= 0.6 is 0 Å². The van der Waals surface area contributed by atoms with Gasteiger partial charge in [0, 0.05) is 25.1 Å². The number of halogens is 1. The standard InChI is InChI=1S/C16H20FN5O/c17-12-3-5-13(6-4-12)23-10-11-2-1-7-22(9-11)15-8-14(18)20-16(19)21-15/h3-6,8,11H,1-2,7,9-10H2,(H4,18,19,20,21)/t11-/m1/s1. The van der Waals surface area contributed by atoms with Crippen molar-refractivity contribution in [1.82, 2.24) is 9.97 Å². The van der Waals surface area contributed by atoms with Crippen LogP contribution in [0.3, 0.4) is 0 Å². The van der Waals surface area contributed by atoms with Crippen molar-refractivity contribution in [2.45, 2.75) is 12.8 Å². The Kier molecular flexibility index (Phi) is 4.45. The number of nitrogens with zero attached hydrogens (tertiary/aromatic N) is 3. The molecule has 1 aromatic carbocycles. The van der Waals surface area contributed by atoms with E-state index in [1.807, 2.05) is 0 Å². The Morgan fingerprint density at radius 1 is 1.22 bits per heavy atom. The lowest BCUT2D eigenvalue weighted by atomic mass is 9.99. The van der Waals surface area contributed by atoms with Crippen molar-refractivity contribution in [3.63, 3.8) is 0 Å². The molecule has 1 saturated heterocycles. The number of ether oxygens (including phenoxy) is 1. The van der Waals surface area contributed by atoms with E-state index < -0.39 is 0 Å². The zero-order valence-corrected chi connectivity index (χ0v) is 12.8. The van der Waals surface area contributed by atoms with Crippen molar-refractivity contribution in [3.8, 4) is 5.75 Å². The van der Waals surface area contributed by atoms with Crippen LogP contribution in [0.5, 0.6) is 5.75 Å². The van der Waals surface area contributed by atoms with Crippen LogP contribution in [-0.2, 0) is 0 Å². The summed E-state index contributed by atoms with van der Waals surface area (Å²) in [5.74, 6) is 2.09. The van der Waals surface area contributed by atoms with E-state index in [1.54, 1.807) is 18.2 Å². The highest BCUT2D eigenvalue weighted by Gasteiger charge is 2.22. The van der Waals surface area contributed by atoms with Gasteiger partial charge in [-0.15, -0.1) is 0 Å². The maximum absolute atomic E-state index is 12.9. The van der Waals surface area contributed by atoms with Gasteiger partial charge >= 0.3 is 0 Å². The minimum absolute atomic E-state index is 0.185. The van der Waals surface area contributed by atoms with Gasteiger partial charge in [-0.25, -0.2) is 4.39 Å². The third-order valence-corrected chi connectivity index (χ3v) is 3.89. The SMILES string of the molecule is Nc1cc(N2CCC[C@@H](COc3ccc(F)cc3)C2)nc(N)n1. The third-order valence-electron chi connectivity index (χ3n) is 3.89. The summed E-state index contributed by atoms with van der Waals surface area (Å²) in [5.41, 5.74) is 11.4. The number of anilines is 3. The predicted octanol–water partition coefficient (Wildman–Crippen LogP) is 2.08. The maximum Gasteiger partial charge on any atom is 0.223 e. The highest BCUT2D eigenvalue weighted by Crippen LogP contribution is 2.24. The molecule has 0 saturated carbocycles. The summed E-state index contributed by atoms with van der Waals surface area (Å²) in [5, 5.41) is 0. The van der Waals surface area contributed by atoms with E-state index in [4.69, 9.17) is 16.2 Å². The van der Waals surface area contributed by atoms with E-state index in [0.717, 1.165) is 31.7 Å². The van der Waals surface area contributed by atoms with E-state index in [2.05, 4.69) is 14.9 Å². The average Bonchev–Trinajstić information content (AvgIpc) is 2.54. The summed E-state index contributed by atoms with van der Waals surface area (Å²) in [6.45, 7) is 2.30. The van der Waals surface area contributed by atoms with Crippen LogP contribution in [0, 0.1) is 11.7 Å². The summed E-state index contributed by atoms with van der Waals surface area (Å²) >= 11 is 0. The number of aromatic nitrogens is 2. The van der Waals surface area contributed by atoms with Crippen LogP contribution < -0.4 is 21.1 Å². The van der Waals surface area contributed by atoms with Gasteiger partial charge in [0.2, 0.25) is 5.95 Å². The lowest BCUT2D eigenvalue weighted by molar-refractivity contribution is 0.228. The summed E-state index contributed by atoms with van der Waals surface area (Å²) in [7, 11) is 0. The molecule has 1 aromatic heterocycles. The molecule has 7 heteroatoms. The number of piperidine rings is 1. The molecule has 1 aliphatic rings. The van der Waals surface area contributed by atoms with E-state index >= 15 is 0 Å². The average molecular weight is 317 g/mol. The van der Waals surface area contributed by atoms with Crippen LogP contribution in [-0.4, -0.2) is 29.7 Å². The van der Waals surface area contributed by atoms with Gasteiger partial charge in [-0.2, -0.15) is 9.97 Å². The predicted molar refractivity (Wildman–Crippen MR) is 87.7 cm³/mol. The quantitative estimate of drug-likeness (QED) is 0.897. The molecule has 0 unspecified atom stereocenters. The molecule has 3 rings (SSSR count). The molecule has 122 valence electrons. The first-order valence-electron chi connectivity index (χ1n) is 7.63. The smallest absolute Gasteiger partial charge is 0.223 e. The molecule has 1 atom stereocenters. The van der Waals surface area contributed by atoms with Crippen molar-refractivity contribution >= 4 is 17.6 Å². The van der Waals surface area contributed by atoms with Crippen LogP contribution in [0.15, 0.2) is 30.3 Å². The molecule has 1 fully saturated rings. The monoisotopic (exact) mass is 317 g/mol. The molecular weight excluding hydrogens is 297 g/mol. The molecule has 6 nitrogen and oxygen atoms in total. The van der Waals surface area contributed by atoms with Crippen LogP contribution in [0.4, 0.5) is 22.0 Å². The van der Waals surface area contributed by atoms with Gasteiger partial charge in [-0.05, 0) is 37.1 Å². The number of hydrogen-bond donors (Lipinski definition) is 2. The Morgan fingerprint density at radius 2 is 2.00 bits per heavy atom. The van der Waals surface area contributed by atoms with Gasteiger partial charge in [0.05, 0.1) is 6.61 Å². The van der Waals surface area contributed by atoms with Gasteiger partial charge in [-0.3, -0.25) is 0 Å². The fraction of sp³-hybridized carbons (Fsp3) is 0.375. The highest BCUT2D eigenvalue weighted by atomic mass is 19.1. The van der Waals surface area contributed by atoms with Crippen LogP contribution in [0.1, 0.15) is 12.8 Å². The Labute approximate surface area is 134 Å². The van der Waals surface area contributed by atoms with Gasteiger partial charge in [-0.1, -0.05) is 0 Å². The summed E-state index contributed by atoms with van der Waals surface area (Å²) in [6.07, 6.45) is 2.12. The van der Waals surface area contributed by atoms with Crippen molar-refractivity contribution in [2.75, 3.05) is 36.1 Å². The topological polar surface area (TPSA) is 90.3 Å². The Morgan fingerprint density at radius 3 is 2.74 bits per heavy atom. The fourth-order valence-electron chi connectivity index (χ4n) is 2.79. The highest BCUT2D eigenvalue weighted by molar-refractivity contribution is 5.50. The normalized spacial score (nSPS) is 18.0. The molecule has 2 aromatic rings. The van der Waals surface area contributed by atoms with Crippen LogP contribution in [0.2, 0.25) is 0 Å². The van der Waals surface area contributed by atoms with Crippen molar-refractivity contribution < 1.29 is 9.13 Å². The van der Waals surface area contributed by atoms with Crippen molar-refractivity contribution in [2.24, 2.45) is 5.92 Å². The molecule has 0 spiro atoms. The van der Waals surface area contributed by atoms with E-state index in [0.29, 0.717) is 24.1 Å². The third kappa shape index (κ3) is 4.00. The molecule has 0 bridgehead atoms. The Balaban J connectivity index is 1.60. The first kappa shape index (κ1) is 15.3. The molecule has 0 radical (unpaired) electrons. The summed E-state index contributed by atoms with van der Waals surface area (Å²) < 4.78 is 18.6. The van der Waals surface area contributed by atoms with Gasteiger partial charge in [0.25, 0.3) is 0 Å². The number of rotatable bonds is 4. The molecule has 0 amide bonds. The van der Waals surface area contributed by atoms with E-state index in [-0.39, 0.29) is 11.8 Å². The Hall–Kier alpha value is -2.57. The summed E-state index contributed by atoms with van der Waals surface area (Å²) in [6, 6.07) is 7.81. The molecular formula is C16H20FN5O. The van der Waals surface area contributed by atoms with Gasteiger partial charge in [0.15, 0.2) is 0 Å². The Bertz CT molecular complexity index is 644. The lowest BCUT2D eigenvalue weighted by Gasteiger charge is -2.33. The molecule has 2 heterocycles. The first-order valence-corrected chi connectivity index (χ1v) is 7.63. The minimum atomic E-state index is -0.264. The first-order chi connectivity index (χ1) is 11.1. The summed E-state index contributed by atoms with van der Waals surface area (Å²) in [4.78, 5) is 10.3. The van der Waals surface area contributed by atoms with Crippen molar-refractivity contribution in [1.29, 1.82) is 0 Å². The van der Waals surface area contributed by atoms with E-state index in [9.17, 15) is 4.39 Å². The zero-order valence-electron chi connectivity index (χ0n) is 12.8. The minimum Gasteiger partial charge on any atom is -0.493 e. The second-order valence-corrected chi connectivity index (χ2v) is 5.73.